The highest BCUT2D eigenvalue weighted by Crippen LogP contribution is 2.27. The van der Waals surface area contributed by atoms with Gasteiger partial charge < -0.3 is 14.8 Å². The summed E-state index contributed by atoms with van der Waals surface area (Å²) in [4.78, 5) is 12.8. The lowest BCUT2D eigenvalue weighted by molar-refractivity contribution is -0.141. The van der Waals surface area contributed by atoms with E-state index in [1.807, 2.05) is 11.4 Å². The van der Waals surface area contributed by atoms with Gasteiger partial charge in [-0.15, -0.1) is 11.3 Å². The smallest absolute Gasteiger partial charge is 0.307 e. The highest BCUT2D eigenvalue weighted by molar-refractivity contribution is 7.10. The fourth-order valence-electron chi connectivity index (χ4n) is 2.81. The molecular weight excluding hydrogens is 274 g/mol. The maximum Gasteiger partial charge on any atom is 0.307 e. The van der Waals surface area contributed by atoms with Crippen molar-refractivity contribution in [2.75, 3.05) is 7.11 Å². The van der Waals surface area contributed by atoms with Gasteiger partial charge in [0, 0.05) is 10.9 Å². The number of ether oxygens (including phenoxy) is 2. The van der Waals surface area contributed by atoms with E-state index < -0.39 is 0 Å². The summed E-state index contributed by atoms with van der Waals surface area (Å²) in [6, 6.07) is 4.49. The number of esters is 1. The molecule has 0 aromatic carbocycles. The van der Waals surface area contributed by atoms with E-state index in [1.165, 1.54) is 12.0 Å². The Morgan fingerprint density at radius 2 is 2.20 bits per heavy atom. The molecule has 1 fully saturated rings. The van der Waals surface area contributed by atoms with Gasteiger partial charge in [-0.3, -0.25) is 4.79 Å². The first-order valence-corrected chi connectivity index (χ1v) is 7.98. The minimum absolute atomic E-state index is 0.0324. The summed E-state index contributed by atoms with van der Waals surface area (Å²) < 4.78 is 10.6. The van der Waals surface area contributed by atoms with Crippen molar-refractivity contribution >= 4 is 17.3 Å². The molecule has 3 unspecified atom stereocenters. The van der Waals surface area contributed by atoms with Crippen molar-refractivity contribution < 1.29 is 14.3 Å². The minimum Gasteiger partial charge on any atom is -0.469 e. The zero-order chi connectivity index (χ0) is 14.5. The first-order valence-electron chi connectivity index (χ1n) is 7.10. The molecule has 0 bridgehead atoms. The van der Waals surface area contributed by atoms with Crippen molar-refractivity contribution in [3.8, 4) is 0 Å². The Kier molecular flexibility index (Phi) is 5.57. The van der Waals surface area contributed by atoms with Gasteiger partial charge in [-0.1, -0.05) is 6.07 Å². The molecule has 2 rings (SSSR count). The van der Waals surface area contributed by atoms with Crippen molar-refractivity contribution in [1.29, 1.82) is 0 Å². The van der Waals surface area contributed by atoms with E-state index in [1.54, 1.807) is 11.3 Å². The summed E-state index contributed by atoms with van der Waals surface area (Å²) in [7, 11) is 1.44. The number of hydrogen-bond acceptors (Lipinski definition) is 5. The molecule has 112 valence electrons. The second-order valence-electron chi connectivity index (χ2n) is 5.44. The molecule has 1 aliphatic heterocycles. The second kappa shape index (κ2) is 7.20. The Bertz CT molecular complexity index is 411. The highest BCUT2D eigenvalue weighted by atomic mass is 32.1. The Morgan fingerprint density at radius 1 is 1.50 bits per heavy atom. The third kappa shape index (κ3) is 4.30. The average Bonchev–Trinajstić information content (AvgIpc) is 2.90. The van der Waals surface area contributed by atoms with E-state index in [-0.39, 0.29) is 24.2 Å². The molecule has 0 aliphatic carbocycles. The summed E-state index contributed by atoms with van der Waals surface area (Å²) in [5.74, 6) is -0.177. The van der Waals surface area contributed by atoms with Crippen molar-refractivity contribution in [1.82, 2.24) is 5.32 Å². The second-order valence-corrected chi connectivity index (χ2v) is 6.42. The lowest BCUT2D eigenvalue weighted by atomic mass is 9.98. The predicted molar refractivity (Wildman–Crippen MR) is 79.9 cm³/mol. The Labute approximate surface area is 124 Å². The quantitative estimate of drug-likeness (QED) is 0.849. The van der Waals surface area contributed by atoms with Gasteiger partial charge in [-0.2, -0.15) is 0 Å². The number of carbonyl (C=O) groups is 1. The molecule has 20 heavy (non-hydrogen) atoms. The van der Waals surface area contributed by atoms with Crippen molar-refractivity contribution in [3.63, 3.8) is 0 Å². The summed E-state index contributed by atoms with van der Waals surface area (Å²) in [6.45, 7) is 4.20. The van der Waals surface area contributed by atoms with Crippen LogP contribution in [0.3, 0.4) is 0 Å². The van der Waals surface area contributed by atoms with Gasteiger partial charge >= 0.3 is 5.97 Å². The highest BCUT2D eigenvalue weighted by Gasteiger charge is 2.28. The van der Waals surface area contributed by atoms with Gasteiger partial charge in [-0.05, 0) is 38.1 Å². The predicted octanol–water partition coefficient (Wildman–Crippen LogP) is 2.90. The Hall–Kier alpha value is -0.910. The molecule has 1 aromatic heterocycles. The summed E-state index contributed by atoms with van der Waals surface area (Å²) in [5.41, 5.74) is 0. The van der Waals surface area contributed by atoms with Gasteiger partial charge in [0.2, 0.25) is 0 Å². The van der Waals surface area contributed by atoms with Crippen molar-refractivity contribution in [3.05, 3.63) is 22.4 Å². The number of nitrogens with one attached hydrogen (secondary N) is 1. The third-order valence-corrected chi connectivity index (χ3v) is 4.61. The van der Waals surface area contributed by atoms with E-state index in [0.717, 1.165) is 12.8 Å². The van der Waals surface area contributed by atoms with Crippen LogP contribution in [0.4, 0.5) is 0 Å². The Balaban J connectivity index is 2.01. The molecule has 1 aliphatic rings. The van der Waals surface area contributed by atoms with E-state index in [4.69, 9.17) is 9.47 Å². The average molecular weight is 297 g/mol. The lowest BCUT2D eigenvalue weighted by Gasteiger charge is -2.34. The van der Waals surface area contributed by atoms with Crippen LogP contribution in [0.15, 0.2) is 17.5 Å². The number of hydrogen-bond donors (Lipinski definition) is 1. The van der Waals surface area contributed by atoms with Crippen LogP contribution in [0.5, 0.6) is 0 Å². The van der Waals surface area contributed by atoms with Crippen LogP contribution in [0, 0.1) is 0 Å². The standard InChI is InChI=1S/C15H23NO3S/c1-10-7-12(8-11(2)19-10)16-13(9-15(17)18-3)14-5-4-6-20-14/h4-6,10-13,16H,7-9H2,1-3H3. The van der Waals surface area contributed by atoms with Crippen LogP contribution in [0.25, 0.3) is 0 Å². The van der Waals surface area contributed by atoms with E-state index >= 15 is 0 Å². The zero-order valence-corrected chi connectivity index (χ0v) is 13.1. The van der Waals surface area contributed by atoms with Crippen molar-refractivity contribution in [2.24, 2.45) is 0 Å². The monoisotopic (exact) mass is 297 g/mol. The van der Waals surface area contributed by atoms with Gasteiger partial charge in [0.1, 0.15) is 0 Å². The number of methoxy groups -OCH3 is 1. The molecule has 1 N–H and O–H groups in total. The molecular formula is C15H23NO3S. The largest absolute Gasteiger partial charge is 0.469 e. The van der Waals surface area contributed by atoms with Crippen molar-refractivity contribution in [2.45, 2.75) is 57.4 Å². The topological polar surface area (TPSA) is 47.6 Å². The molecule has 5 heteroatoms. The van der Waals surface area contributed by atoms with Crippen LogP contribution in [-0.4, -0.2) is 31.3 Å². The number of rotatable bonds is 5. The third-order valence-electron chi connectivity index (χ3n) is 3.62. The van der Waals surface area contributed by atoms with Gasteiger partial charge in [0.25, 0.3) is 0 Å². The van der Waals surface area contributed by atoms with Crippen LogP contribution < -0.4 is 5.32 Å². The molecule has 0 spiro atoms. The number of thiophene rings is 1. The Morgan fingerprint density at radius 3 is 2.75 bits per heavy atom. The van der Waals surface area contributed by atoms with Crippen LogP contribution in [0.2, 0.25) is 0 Å². The summed E-state index contributed by atoms with van der Waals surface area (Å²) in [5, 5.41) is 5.65. The molecule has 3 atom stereocenters. The fraction of sp³-hybridized carbons (Fsp3) is 0.667. The van der Waals surface area contributed by atoms with Gasteiger partial charge in [0.15, 0.2) is 0 Å². The molecule has 2 heterocycles. The molecule has 4 nitrogen and oxygen atoms in total. The maximum absolute atomic E-state index is 11.6. The molecule has 1 aromatic rings. The molecule has 0 saturated carbocycles. The van der Waals surface area contributed by atoms with Gasteiger partial charge in [-0.25, -0.2) is 0 Å². The molecule has 1 saturated heterocycles. The van der Waals surface area contributed by atoms with Gasteiger partial charge in [0.05, 0.1) is 31.8 Å². The first kappa shape index (κ1) is 15.5. The van der Waals surface area contributed by atoms with E-state index in [2.05, 4.69) is 25.2 Å². The maximum atomic E-state index is 11.6. The summed E-state index contributed by atoms with van der Waals surface area (Å²) in [6.07, 6.45) is 2.86. The first-order chi connectivity index (χ1) is 9.58. The number of carbonyl (C=O) groups excluding carboxylic acids is 1. The van der Waals surface area contributed by atoms with Crippen LogP contribution in [-0.2, 0) is 14.3 Å². The molecule has 0 amide bonds. The van der Waals surface area contributed by atoms with E-state index in [9.17, 15) is 4.79 Å². The van der Waals surface area contributed by atoms with Crippen LogP contribution >= 0.6 is 11.3 Å². The normalized spacial score (nSPS) is 28.1. The lowest BCUT2D eigenvalue weighted by Crippen LogP contribution is -2.43. The zero-order valence-electron chi connectivity index (χ0n) is 12.3. The van der Waals surface area contributed by atoms with Crippen LogP contribution in [0.1, 0.15) is 44.0 Å². The SMILES string of the molecule is COC(=O)CC(NC1CC(C)OC(C)C1)c1cccs1. The fourth-order valence-corrected chi connectivity index (χ4v) is 3.59. The molecule has 0 radical (unpaired) electrons. The summed E-state index contributed by atoms with van der Waals surface area (Å²) >= 11 is 1.67. The van der Waals surface area contributed by atoms with E-state index in [0.29, 0.717) is 12.5 Å². The minimum atomic E-state index is -0.177.